The van der Waals surface area contributed by atoms with E-state index in [4.69, 9.17) is 10.5 Å². The fraction of sp³-hybridized carbons (Fsp3) is 0.400. The van der Waals surface area contributed by atoms with Gasteiger partial charge in [0.25, 0.3) is 0 Å². The first kappa shape index (κ1) is 11.5. The van der Waals surface area contributed by atoms with Crippen LogP contribution in [0.5, 0.6) is 5.75 Å². The summed E-state index contributed by atoms with van der Waals surface area (Å²) in [5.74, 6) is 0.435. The number of ether oxygens (including phenoxy) is 1. The molecule has 1 rings (SSSR count). The van der Waals surface area contributed by atoms with Gasteiger partial charge in [0.1, 0.15) is 11.6 Å². The van der Waals surface area contributed by atoms with Crippen LogP contribution < -0.4 is 10.5 Å². The standard InChI is InChI=1S/C10H13BrFNO/c1-14-10-7(3-2-4-13)5-8(12)6-9(10)11/h5-6H,2-4,13H2,1H3. The Morgan fingerprint density at radius 1 is 1.50 bits per heavy atom. The molecule has 4 heteroatoms. The van der Waals surface area contributed by atoms with Crippen molar-refractivity contribution in [1.82, 2.24) is 0 Å². The van der Waals surface area contributed by atoms with Crippen molar-refractivity contribution in [3.63, 3.8) is 0 Å². The molecule has 14 heavy (non-hydrogen) atoms. The van der Waals surface area contributed by atoms with Crippen LogP contribution in [0, 0.1) is 5.82 Å². The summed E-state index contributed by atoms with van der Waals surface area (Å²) in [6.07, 6.45) is 1.56. The molecule has 2 nitrogen and oxygen atoms in total. The number of aryl methyl sites for hydroxylation is 1. The predicted octanol–water partition coefficient (Wildman–Crippen LogP) is 2.49. The smallest absolute Gasteiger partial charge is 0.136 e. The van der Waals surface area contributed by atoms with Gasteiger partial charge in [0.05, 0.1) is 11.6 Å². The summed E-state index contributed by atoms with van der Waals surface area (Å²) >= 11 is 3.25. The second-order valence-electron chi connectivity index (χ2n) is 2.97. The van der Waals surface area contributed by atoms with E-state index in [0.717, 1.165) is 18.4 Å². The van der Waals surface area contributed by atoms with Gasteiger partial charge in [-0.25, -0.2) is 4.39 Å². The third-order valence-corrected chi connectivity index (χ3v) is 2.53. The van der Waals surface area contributed by atoms with Gasteiger partial charge in [-0.15, -0.1) is 0 Å². The summed E-state index contributed by atoms with van der Waals surface area (Å²) < 4.78 is 18.9. The molecule has 78 valence electrons. The lowest BCUT2D eigenvalue weighted by Gasteiger charge is -2.10. The minimum Gasteiger partial charge on any atom is -0.495 e. The van der Waals surface area contributed by atoms with Gasteiger partial charge in [-0.2, -0.15) is 0 Å². The van der Waals surface area contributed by atoms with Crippen LogP contribution in [0.3, 0.4) is 0 Å². The van der Waals surface area contributed by atoms with Crippen LogP contribution in [0.1, 0.15) is 12.0 Å². The van der Waals surface area contributed by atoms with Crippen LogP contribution in [0.15, 0.2) is 16.6 Å². The minimum atomic E-state index is -0.260. The highest BCUT2D eigenvalue weighted by Crippen LogP contribution is 2.30. The third kappa shape index (κ3) is 2.69. The van der Waals surface area contributed by atoms with Crippen molar-refractivity contribution >= 4 is 15.9 Å². The first-order valence-corrected chi connectivity index (χ1v) is 5.20. The Morgan fingerprint density at radius 3 is 2.79 bits per heavy atom. The number of benzene rings is 1. The topological polar surface area (TPSA) is 35.2 Å². The van der Waals surface area contributed by atoms with E-state index in [1.54, 1.807) is 7.11 Å². The Bertz CT molecular complexity index is 317. The van der Waals surface area contributed by atoms with E-state index in [0.29, 0.717) is 16.8 Å². The molecule has 0 bridgehead atoms. The number of hydrogen-bond acceptors (Lipinski definition) is 2. The van der Waals surface area contributed by atoms with E-state index < -0.39 is 0 Å². The van der Waals surface area contributed by atoms with Crippen molar-refractivity contribution in [3.8, 4) is 5.75 Å². The average molecular weight is 262 g/mol. The molecule has 0 saturated carbocycles. The summed E-state index contributed by atoms with van der Waals surface area (Å²) in [5, 5.41) is 0. The predicted molar refractivity (Wildman–Crippen MR) is 58.0 cm³/mol. The summed E-state index contributed by atoms with van der Waals surface area (Å²) in [4.78, 5) is 0. The van der Waals surface area contributed by atoms with Gasteiger partial charge >= 0.3 is 0 Å². The Labute approximate surface area is 91.4 Å². The highest BCUT2D eigenvalue weighted by atomic mass is 79.9. The molecule has 0 aliphatic heterocycles. The Balaban J connectivity index is 2.99. The largest absolute Gasteiger partial charge is 0.495 e. The maximum Gasteiger partial charge on any atom is 0.136 e. The van der Waals surface area contributed by atoms with Crippen molar-refractivity contribution in [2.45, 2.75) is 12.8 Å². The molecule has 2 N–H and O–H groups in total. The molecule has 1 aromatic rings. The lowest BCUT2D eigenvalue weighted by Crippen LogP contribution is -2.02. The molecule has 0 fully saturated rings. The molecule has 0 atom stereocenters. The summed E-state index contributed by atoms with van der Waals surface area (Å²) in [5.41, 5.74) is 6.25. The number of nitrogens with two attached hydrogens (primary N) is 1. The van der Waals surface area contributed by atoms with E-state index in [2.05, 4.69) is 15.9 Å². The molecule has 0 saturated heterocycles. The van der Waals surface area contributed by atoms with Crippen LogP contribution in [-0.2, 0) is 6.42 Å². The monoisotopic (exact) mass is 261 g/mol. The van der Waals surface area contributed by atoms with Crippen molar-refractivity contribution in [2.24, 2.45) is 5.73 Å². The molecule has 0 amide bonds. The van der Waals surface area contributed by atoms with Gasteiger partial charge in [-0.05, 0) is 53.0 Å². The molecule has 0 aliphatic carbocycles. The summed E-state index contributed by atoms with van der Waals surface area (Å²) in [7, 11) is 1.57. The summed E-state index contributed by atoms with van der Waals surface area (Å²) in [6, 6.07) is 2.88. The minimum absolute atomic E-state index is 0.260. The van der Waals surface area contributed by atoms with Crippen LogP contribution in [0.2, 0.25) is 0 Å². The Hall–Kier alpha value is -0.610. The van der Waals surface area contributed by atoms with E-state index in [9.17, 15) is 4.39 Å². The molecule has 1 aromatic carbocycles. The number of methoxy groups -OCH3 is 1. The zero-order chi connectivity index (χ0) is 10.6. The zero-order valence-electron chi connectivity index (χ0n) is 8.02. The summed E-state index contributed by atoms with van der Waals surface area (Å²) in [6.45, 7) is 0.595. The molecular formula is C10H13BrFNO. The highest BCUT2D eigenvalue weighted by molar-refractivity contribution is 9.10. The average Bonchev–Trinajstić information content (AvgIpc) is 2.14. The van der Waals surface area contributed by atoms with E-state index >= 15 is 0 Å². The van der Waals surface area contributed by atoms with Gasteiger partial charge in [0, 0.05) is 0 Å². The second kappa shape index (κ2) is 5.32. The lowest BCUT2D eigenvalue weighted by atomic mass is 10.1. The normalized spacial score (nSPS) is 10.3. The SMILES string of the molecule is COc1c(Br)cc(F)cc1CCCN. The molecule has 0 radical (unpaired) electrons. The molecular weight excluding hydrogens is 249 g/mol. The van der Waals surface area contributed by atoms with Gasteiger partial charge in [0.2, 0.25) is 0 Å². The maximum atomic E-state index is 13.1. The van der Waals surface area contributed by atoms with Crippen LogP contribution in [0.4, 0.5) is 4.39 Å². The van der Waals surface area contributed by atoms with Crippen LogP contribution in [-0.4, -0.2) is 13.7 Å². The van der Waals surface area contributed by atoms with E-state index in [1.165, 1.54) is 12.1 Å². The molecule has 0 spiro atoms. The molecule has 0 aliphatic rings. The Kier molecular flexibility index (Phi) is 4.35. The maximum absolute atomic E-state index is 13.1. The highest BCUT2D eigenvalue weighted by Gasteiger charge is 2.09. The molecule has 0 heterocycles. The first-order valence-electron chi connectivity index (χ1n) is 4.41. The van der Waals surface area contributed by atoms with E-state index in [-0.39, 0.29) is 5.82 Å². The number of hydrogen-bond donors (Lipinski definition) is 1. The fourth-order valence-corrected chi connectivity index (χ4v) is 1.96. The van der Waals surface area contributed by atoms with Crippen molar-refractivity contribution in [3.05, 3.63) is 28.0 Å². The van der Waals surface area contributed by atoms with Gasteiger partial charge < -0.3 is 10.5 Å². The second-order valence-corrected chi connectivity index (χ2v) is 3.83. The van der Waals surface area contributed by atoms with Crippen LogP contribution in [0.25, 0.3) is 0 Å². The van der Waals surface area contributed by atoms with Crippen molar-refractivity contribution < 1.29 is 9.13 Å². The number of halogens is 2. The Morgan fingerprint density at radius 2 is 2.21 bits per heavy atom. The van der Waals surface area contributed by atoms with Gasteiger partial charge in [0.15, 0.2) is 0 Å². The van der Waals surface area contributed by atoms with Crippen LogP contribution >= 0.6 is 15.9 Å². The molecule has 0 aromatic heterocycles. The quantitative estimate of drug-likeness (QED) is 0.904. The van der Waals surface area contributed by atoms with E-state index in [1.807, 2.05) is 0 Å². The van der Waals surface area contributed by atoms with Crippen molar-refractivity contribution in [2.75, 3.05) is 13.7 Å². The van der Waals surface area contributed by atoms with Gasteiger partial charge in [-0.1, -0.05) is 0 Å². The third-order valence-electron chi connectivity index (χ3n) is 1.94. The lowest BCUT2D eigenvalue weighted by molar-refractivity contribution is 0.405. The van der Waals surface area contributed by atoms with Crippen molar-refractivity contribution in [1.29, 1.82) is 0 Å². The zero-order valence-corrected chi connectivity index (χ0v) is 9.60. The number of rotatable bonds is 4. The molecule has 0 unspecified atom stereocenters. The first-order chi connectivity index (χ1) is 6.69. The fourth-order valence-electron chi connectivity index (χ4n) is 1.32. The van der Waals surface area contributed by atoms with Gasteiger partial charge in [-0.3, -0.25) is 0 Å².